The number of hydrogen-bond donors (Lipinski definition) is 0. The number of halogens is 1. The van der Waals surface area contributed by atoms with E-state index in [1.165, 1.54) is 42.4 Å². The second-order valence-electron chi connectivity index (χ2n) is 7.14. The molecule has 6 rings (SSSR count). The van der Waals surface area contributed by atoms with E-state index >= 15 is 0 Å². The lowest BCUT2D eigenvalue weighted by atomic mass is 9.96. The Morgan fingerprint density at radius 3 is 2.38 bits per heavy atom. The summed E-state index contributed by atoms with van der Waals surface area (Å²) in [5, 5.41) is 4.39. The van der Waals surface area contributed by atoms with Gasteiger partial charge in [0, 0.05) is 30.6 Å². The summed E-state index contributed by atoms with van der Waals surface area (Å²) < 4.78 is 8.14. The first-order chi connectivity index (χ1) is 14.3. The van der Waals surface area contributed by atoms with E-state index in [4.69, 9.17) is 16.0 Å². The Labute approximate surface area is 176 Å². The molecule has 0 unspecified atom stereocenters. The van der Waals surface area contributed by atoms with Crippen LogP contribution in [0.1, 0.15) is 0 Å². The van der Waals surface area contributed by atoms with Crippen LogP contribution in [0.3, 0.4) is 0 Å². The lowest BCUT2D eigenvalue weighted by molar-refractivity contribution is 0.616. The Balaban J connectivity index is 1.58. The van der Waals surface area contributed by atoms with Gasteiger partial charge in [0.2, 0.25) is 0 Å². The average Bonchev–Trinajstić information content (AvgIpc) is 3.38. The number of benzene rings is 4. The van der Waals surface area contributed by atoms with E-state index in [0.29, 0.717) is 0 Å². The zero-order chi connectivity index (χ0) is 19.4. The lowest BCUT2D eigenvalue weighted by Crippen LogP contribution is -1.82. The number of thiophene rings is 1. The Bertz CT molecular complexity index is 1520. The Hall–Kier alpha value is -3.07. The molecular formula is C26H15ClOS. The predicted octanol–water partition coefficient (Wildman–Crippen LogP) is 8.79. The summed E-state index contributed by atoms with van der Waals surface area (Å²) in [5.74, 6) is 0. The SMILES string of the molecule is Clc1ccc2sc3c(-c4cccc(-c5cccc6occc56)c4)cccc3c2c1. The third-order valence-corrected chi connectivity index (χ3v) is 6.89. The summed E-state index contributed by atoms with van der Waals surface area (Å²) in [6.45, 7) is 0. The van der Waals surface area contributed by atoms with Crippen molar-refractivity contribution >= 4 is 54.1 Å². The quantitative estimate of drug-likeness (QED) is 0.278. The summed E-state index contributed by atoms with van der Waals surface area (Å²) in [4.78, 5) is 0. The molecular weight excluding hydrogens is 396 g/mol. The Morgan fingerprint density at radius 1 is 0.655 bits per heavy atom. The van der Waals surface area contributed by atoms with Gasteiger partial charge in [0.1, 0.15) is 5.58 Å². The molecule has 2 aromatic heterocycles. The molecule has 0 fully saturated rings. The maximum Gasteiger partial charge on any atom is 0.134 e. The average molecular weight is 411 g/mol. The molecule has 4 aromatic carbocycles. The highest BCUT2D eigenvalue weighted by Gasteiger charge is 2.12. The van der Waals surface area contributed by atoms with Gasteiger partial charge in [-0.15, -0.1) is 11.3 Å². The van der Waals surface area contributed by atoms with Crippen molar-refractivity contribution in [3.8, 4) is 22.3 Å². The van der Waals surface area contributed by atoms with Gasteiger partial charge in [0.25, 0.3) is 0 Å². The summed E-state index contributed by atoms with van der Waals surface area (Å²) in [6, 6.07) is 29.7. The molecule has 3 heteroatoms. The van der Waals surface area contributed by atoms with Gasteiger partial charge in [-0.05, 0) is 58.7 Å². The van der Waals surface area contributed by atoms with E-state index < -0.39 is 0 Å². The number of fused-ring (bicyclic) bond motifs is 4. The highest BCUT2D eigenvalue weighted by molar-refractivity contribution is 7.26. The largest absolute Gasteiger partial charge is 0.464 e. The predicted molar refractivity (Wildman–Crippen MR) is 125 cm³/mol. The molecule has 0 atom stereocenters. The summed E-state index contributed by atoms with van der Waals surface area (Å²) in [6.07, 6.45) is 1.75. The first-order valence-corrected chi connectivity index (χ1v) is 10.7. The third-order valence-electron chi connectivity index (χ3n) is 5.44. The molecule has 1 nitrogen and oxygen atoms in total. The molecule has 0 aliphatic heterocycles. The summed E-state index contributed by atoms with van der Waals surface area (Å²) >= 11 is 8.08. The number of hydrogen-bond acceptors (Lipinski definition) is 2. The zero-order valence-electron chi connectivity index (χ0n) is 15.4. The molecule has 29 heavy (non-hydrogen) atoms. The van der Waals surface area contributed by atoms with Crippen LogP contribution in [-0.4, -0.2) is 0 Å². The van der Waals surface area contributed by atoms with Gasteiger partial charge in [-0.3, -0.25) is 0 Å². The molecule has 0 spiro atoms. The van der Waals surface area contributed by atoms with Gasteiger partial charge in [0.05, 0.1) is 6.26 Å². The second-order valence-corrected chi connectivity index (χ2v) is 8.63. The first-order valence-electron chi connectivity index (χ1n) is 9.46. The molecule has 138 valence electrons. The lowest BCUT2D eigenvalue weighted by Gasteiger charge is -2.08. The summed E-state index contributed by atoms with van der Waals surface area (Å²) in [5.41, 5.74) is 5.76. The van der Waals surface area contributed by atoms with Gasteiger partial charge in [0.15, 0.2) is 0 Å². The van der Waals surface area contributed by atoms with Crippen LogP contribution in [0.25, 0.3) is 53.4 Å². The van der Waals surface area contributed by atoms with Crippen LogP contribution >= 0.6 is 22.9 Å². The van der Waals surface area contributed by atoms with Gasteiger partial charge < -0.3 is 4.42 Å². The molecule has 2 heterocycles. The Morgan fingerprint density at radius 2 is 1.45 bits per heavy atom. The molecule has 0 aliphatic rings. The standard InChI is InChI=1S/C26H15ClOS/c27-18-10-11-25-23(15-18)22-8-2-7-20(26(22)29-25)17-5-1-4-16(14-17)19-6-3-9-24-21(19)12-13-28-24/h1-15H. The minimum atomic E-state index is 0.776. The van der Waals surface area contributed by atoms with E-state index in [2.05, 4.69) is 60.7 Å². The fourth-order valence-electron chi connectivity index (χ4n) is 4.10. The normalized spacial score (nSPS) is 11.6. The van der Waals surface area contributed by atoms with Crippen LogP contribution in [0.2, 0.25) is 5.02 Å². The minimum absolute atomic E-state index is 0.776. The van der Waals surface area contributed by atoms with Gasteiger partial charge in [-0.1, -0.05) is 60.1 Å². The number of furan rings is 1. The van der Waals surface area contributed by atoms with Gasteiger partial charge in [-0.2, -0.15) is 0 Å². The zero-order valence-corrected chi connectivity index (χ0v) is 16.9. The van der Waals surface area contributed by atoms with Crippen molar-refractivity contribution in [1.29, 1.82) is 0 Å². The molecule has 0 saturated carbocycles. The monoisotopic (exact) mass is 410 g/mol. The van der Waals surface area contributed by atoms with Crippen molar-refractivity contribution in [3.05, 3.63) is 96.2 Å². The van der Waals surface area contributed by atoms with Crippen LogP contribution < -0.4 is 0 Å². The first kappa shape index (κ1) is 16.8. The molecule has 6 aromatic rings. The topological polar surface area (TPSA) is 13.1 Å². The highest BCUT2D eigenvalue weighted by atomic mass is 35.5. The number of rotatable bonds is 2. The van der Waals surface area contributed by atoms with Gasteiger partial charge in [-0.25, -0.2) is 0 Å². The van der Waals surface area contributed by atoms with Crippen LogP contribution in [0, 0.1) is 0 Å². The van der Waals surface area contributed by atoms with E-state index in [1.807, 2.05) is 35.6 Å². The molecule has 0 saturated heterocycles. The van der Waals surface area contributed by atoms with Gasteiger partial charge >= 0.3 is 0 Å². The van der Waals surface area contributed by atoms with Crippen molar-refractivity contribution < 1.29 is 4.42 Å². The van der Waals surface area contributed by atoms with E-state index in [1.54, 1.807) is 6.26 Å². The van der Waals surface area contributed by atoms with E-state index in [9.17, 15) is 0 Å². The summed E-state index contributed by atoms with van der Waals surface area (Å²) in [7, 11) is 0. The van der Waals surface area contributed by atoms with Crippen molar-refractivity contribution in [3.63, 3.8) is 0 Å². The van der Waals surface area contributed by atoms with Crippen LogP contribution in [0.4, 0.5) is 0 Å². The molecule has 0 N–H and O–H groups in total. The third kappa shape index (κ3) is 2.68. The molecule has 0 amide bonds. The molecule has 0 bridgehead atoms. The van der Waals surface area contributed by atoms with Crippen molar-refractivity contribution in [2.45, 2.75) is 0 Å². The van der Waals surface area contributed by atoms with Crippen LogP contribution in [0.15, 0.2) is 95.6 Å². The highest BCUT2D eigenvalue weighted by Crippen LogP contribution is 2.41. The second kappa shape index (κ2) is 6.48. The Kier molecular flexibility index (Phi) is 3.77. The molecule has 0 radical (unpaired) electrons. The maximum atomic E-state index is 6.26. The van der Waals surface area contributed by atoms with Crippen LogP contribution in [-0.2, 0) is 0 Å². The van der Waals surface area contributed by atoms with Crippen molar-refractivity contribution in [1.82, 2.24) is 0 Å². The van der Waals surface area contributed by atoms with Crippen molar-refractivity contribution in [2.75, 3.05) is 0 Å². The smallest absolute Gasteiger partial charge is 0.134 e. The fraction of sp³-hybridized carbons (Fsp3) is 0. The van der Waals surface area contributed by atoms with E-state index in [-0.39, 0.29) is 0 Å². The fourth-order valence-corrected chi connectivity index (χ4v) is 5.49. The van der Waals surface area contributed by atoms with Crippen LogP contribution in [0.5, 0.6) is 0 Å². The van der Waals surface area contributed by atoms with Crippen molar-refractivity contribution in [2.24, 2.45) is 0 Å². The maximum absolute atomic E-state index is 6.26. The minimum Gasteiger partial charge on any atom is -0.464 e. The molecule has 0 aliphatic carbocycles. The van der Waals surface area contributed by atoms with E-state index in [0.717, 1.165) is 16.0 Å².